The van der Waals surface area contributed by atoms with E-state index in [4.69, 9.17) is 4.74 Å². The molecule has 0 saturated heterocycles. The number of aromatic hydroxyl groups is 1. The van der Waals surface area contributed by atoms with Crippen LogP contribution in [0.5, 0.6) is 11.5 Å². The number of amides is 1. The average molecular weight is 221 g/mol. The first-order valence-corrected chi connectivity index (χ1v) is 5.30. The van der Waals surface area contributed by atoms with Crippen molar-refractivity contribution in [1.29, 1.82) is 0 Å². The van der Waals surface area contributed by atoms with Crippen LogP contribution in [-0.4, -0.2) is 24.2 Å². The third kappa shape index (κ3) is 1.96. The van der Waals surface area contributed by atoms with Crippen LogP contribution in [0.1, 0.15) is 23.7 Å². The van der Waals surface area contributed by atoms with E-state index < -0.39 is 0 Å². The zero-order valence-electron chi connectivity index (χ0n) is 9.36. The van der Waals surface area contributed by atoms with Gasteiger partial charge in [-0.1, -0.05) is 13.0 Å². The molecule has 1 amide bonds. The van der Waals surface area contributed by atoms with Crippen LogP contribution < -0.4 is 10.1 Å². The Bertz CT molecular complexity index is 417. The lowest BCUT2D eigenvalue weighted by molar-refractivity contribution is 0.0946. The second-order valence-corrected chi connectivity index (χ2v) is 4.15. The summed E-state index contributed by atoms with van der Waals surface area (Å²) < 4.78 is 4.95. The second-order valence-electron chi connectivity index (χ2n) is 4.15. The van der Waals surface area contributed by atoms with Crippen molar-refractivity contribution >= 4 is 5.91 Å². The fourth-order valence-electron chi connectivity index (χ4n) is 1.64. The van der Waals surface area contributed by atoms with Gasteiger partial charge in [-0.05, 0) is 24.5 Å². The number of phenolic OH excluding ortho intramolecular Hbond substituents is 1. The molecule has 86 valence electrons. The van der Waals surface area contributed by atoms with Gasteiger partial charge < -0.3 is 15.2 Å². The van der Waals surface area contributed by atoms with E-state index in [1.807, 2.05) is 0 Å². The zero-order chi connectivity index (χ0) is 11.7. The number of benzene rings is 1. The van der Waals surface area contributed by atoms with Gasteiger partial charge in [0.25, 0.3) is 5.91 Å². The summed E-state index contributed by atoms with van der Waals surface area (Å²) in [5, 5.41) is 12.6. The number of carbonyl (C=O) groups is 1. The van der Waals surface area contributed by atoms with Crippen molar-refractivity contribution in [3.63, 3.8) is 0 Å². The van der Waals surface area contributed by atoms with Gasteiger partial charge in [-0.2, -0.15) is 0 Å². The minimum atomic E-state index is -0.245. The van der Waals surface area contributed by atoms with Crippen LogP contribution in [0.3, 0.4) is 0 Å². The summed E-state index contributed by atoms with van der Waals surface area (Å²) in [6.45, 7) is 2.08. The van der Waals surface area contributed by atoms with E-state index in [-0.39, 0.29) is 23.3 Å². The summed E-state index contributed by atoms with van der Waals surface area (Å²) in [5.41, 5.74) is 0.262. The van der Waals surface area contributed by atoms with E-state index in [1.165, 1.54) is 7.11 Å². The average Bonchev–Trinajstić information content (AvgIpc) is 2.94. The molecule has 4 heteroatoms. The van der Waals surface area contributed by atoms with Gasteiger partial charge in [0.15, 0.2) is 11.5 Å². The first-order chi connectivity index (χ1) is 7.63. The van der Waals surface area contributed by atoms with Gasteiger partial charge >= 0.3 is 0 Å². The van der Waals surface area contributed by atoms with Gasteiger partial charge in [-0.3, -0.25) is 4.79 Å². The Morgan fingerprint density at radius 1 is 1.56 bits per heavy atom. The Morgan fingerprint density at radius 3 is 2.81 bits per heavy atom. The smallest absolute Gasteiger partial charge is 0.255 e. The molecule has 1 aliphatic carbocycles. The third-order valence-corrected chi connectivity index (χ3v) is 2.89. The lowest BCUT2D eigenvalue weighted by Gasteiger charge is -2.08. The number of carbonyl (C=O) groups excluding carboxylic acids is 1. The molecule has 2 atom stereocenters. The third-order valence-electron chi connectivity index (χ3n) is 2.89. The predicted octanol–water partition coefficient (Wildman–Crippen LogP) is 1.54. The van der Waals surface area contributed by atoms with E-state index in [9.17, 15) is 9.90 Å². The van der Waals surface area contributed by atoms with Gasteiger partial charge in [-0.25, -0.2) is 0 Å². The van der Waals surface area contributed by atoms with Gasteiger partial charge in [0.1, 0.15) is 0 Å². The fraction of sp³-hybridized carbons (Fsp3) is 0.417. The number of phenols is 1. The fourth-order valence-corrected chi connectivity index (χ4v) is 1.64. The van der Waals surface area contributed by atoms with E-state index in [2.05, 4.69) is 12.2 Å². The van der Waals surface area contributed by atoms with Crippen molar-refractivity contribution in [3.05, 3.63) is 23.8 Å². The normalized spacial score (nSPS) is 22.6. The minimum absolute atomic E-state index is 0.101. The van der Waals surface area contributed by atoms with Crippen molar-refractivity contribution in [1.82, 2.24) is 5.32 Å². The molecule has 4 nitrogen and oxygen atoms in total. The summed E-state index contributed by atoms with van der Waals surface area (Å²) in [6.07, 6.45) is 1.01. The maximum absolute atomic E-state index is 11.8. The number of ether oxygens (including phenoxy) is 1. The maximum Gasteiger partial charge on any atom is 0.255 e. The topological polar surface area (TPSA) is 58.6 Å². The number of methoxy groups -OCH3 is 1. The van der Waals surface area contributed by atoms with Crippen molar-refractivity contribution in [2.75, 3.05) is 7.11 Å². The molecule has 16 heavy (non-hydrogen) atoms. The van der Waals surface area contributed by atoms with Gasteiger partial charge in [0.05, 0.1) is 12.7 Å². The molecule has 2 N–H and O–H groups in total. The zero-order valence-corrected chi connectivity index (χ0v) is 9.36. The van der Waals surface area contributed by atoms with Crippen LogP contribution in [0.25, 0.3) is 0 Å². The van der Waals surface area contributed by atoms with E-state index in [0.717, 1.165) is 6.42 Å². The highest BCUT2D eigenvalue weighted by Crippen LogP contribution is 2.32. The Hall–Kier alpha value is -1.71. The Balaban J connectivity index is 2.16. The Kier molecular flexibility index (Phi) is 2.73. The molecule has 1 aromatic rings. The highest BCUT2D eigenvalue weighted by Gasteiger charge is 2.34. The van der Waals surface area contributed by atoms with E-state index in [1.54, 1.807) is 18.2 Å². The highest BCUT2D eigenvalue weighted by atomic mass is 16.5. The largest absolute Gasteiger partial charge is 0.504 e. The standard InChI is InChI=1S/C12H15NO3/c1-7-6-9(7)13-12(15)8-4-3-5-10(16-2)11(8)14/h3-5,7,9,14H,6H2,1-2H3,(H,13,15). The molecular weight excluding hydrogens is 206 g/mol. The van der Waals surface area contributed by atoms with Crippen molar-refractivity contribution in [2.45, 2.75) is 19.4 Å². The summed E-state index contributed by atoms with van der Waals surface area (Å²) in [5.74, 6) is 0.509. The number of nitrogens with one attached hydrogen (secondary N) is 1. The molecular formula is C12H15NO3. The van der Waals surface area contributed by atoms with Crippen LogP contribution in [0, 0.1) is 5.92 Å². The van der Waals surface area contributed by atoms with Crippen LogP contribution in [-0.2, 0) is 0 Å². The van der Waals surface area contributed by atoms with Crippen molar-refractivity contribution in [3.8, 4) is 11.5 Å². The highest BCUT2D eigenvalue weighted by molar-refractivity contribution is 5.98. The Labute approximate surface area is 94.2 Å². The van der Waals surface area contributed by atoms with Gasteiger partial charge in [0.2, 0.25) is 0 Å². The number of para-hydroxylation sites is 1. The SMILES string of the molecule is COc1cccc(C(=O)NC2CC2C)c1O. The molecule has 0 radical (unpaired) electrons. The summed E-state index contributed by atoms with van der Waals surface area (Å²) in [6, 6.07) is 5.13. The van der Waals surface area contributed by atoms with Crippen LogP contribution in [0.2, 0.25) is 0 Å². The molecule has 1 aliphatic rings. The van der Waals surface area contributed by atoms with Crippen molar-refractivity contribution < 1.29 is 14.6 Å². The van der Waals surface area contributed by atoms with Crippen LogP contribution >= 0.6 is 0 Å². The molecule has 1 fully saturated rings. The van der Waals surface area contributed by atoms with Crippen LogP contribution in [0.15, 0.2) is 18.2 Å². The van der Waals surface area contributed by atoms with Crippen molar-refractivity contribution in [2.24, 2.45) is 5.92 Å². The van der Waals surface area contributed by atoms with E-state index >= 15 is 0 Å². The Morgan fingerprint density at radius 2 is 2.25 bits per heavy atom. The first-order valence-electron chi connectivity index (χ1n) is 5.30. The molecule has 0 aliphatic heterocycles. The van der Waals surface area contributed by atoms with E-state index in [0.29, 0.717) is 11.7 Å². The molecule has 0 heterocycles. The first kappa shape index (κ1) is 10.8. The van der Waals surface area contributed by atoms with Crippen LogP contribution in [0.4, 0.5) is 0 Å². The summed E-state index contributed by atoms with van der Waals surface area (Å²) >= 11 is 0. The monoisotopic (exact) mass is 221 g/mol. The molecule has 0 bridgehead atoms. The molecule has 0 spiro atoms. The summed E-state index contributed by atoms with van der Waals surface area (Å²) in [4.78, 5) is 11.8. The molecule has 2 rings (SSSR count). The summed E-state index contributed by atoms with van der Waals surface area (Å²) in [7, 11) is 1.46. The van der Waals surface area contributed by atoms with Gasteiger partial charge in [0, 0.05) is 6.04 Å². The minimum Gasteiger partial charge on any atom is -0.504 e. The van der Waals surface area contributed by atoms with Gasteiger partial charge in [-0.15, -0.1) is 0 Å². The number of rotatable bonds is 3. The number of hydrogen-bond acceptors (Lipinski definition) is 3. The molecule has 1 saturated carbocycles. The maximum atomic E-state index is 11.8. The molecule has 1 aromatic carbocycles. The lowest BCUT2D eigenvalue weighted by Crippen LogP contribution is -2.26. The quantitative estimate of drug-likeness (QED) is 0.814. The lowest BCUT2D eigenvalue weighted by atomic mass is 10.1. The predicted molar refractivity (Wildman–Crippen MR) is 59.7 cm³/mol. The number of hydrogen-bond donors (Lipinski definition) is 2. The second kappa shape index (κ2) is 4.04. The molecule has 2 unspecified atom stereocenters. The molecule has 0 aromatic heterocycles.